The van der Waals surface area contributed by atoms with Gasteiger partial charge in [-0.05, 0) is 19.1 Å². The normalized spacial score (nSPS) is 10.1. The zero-order chi connectivity index (χ0) is 9.97. The molecule has 0 aliphatic heterocycles. The Labute approximate surface area is 81.4 Å². The van der Waals surface area contributed by atoms with E-state index in [4.69, 9.17) is 4.42 Å². The number of Topliss-reactive ketones (excluding diaryl/α,β-unsaturated/α-hetero) is 1. The summed E-state index contributed by atoms with van der Waals surface area (Å²) in [5, 5.41) is 0. The van der Waals surface area contributed by atoms with Crippen LogP contribution >= 0.6 is 0 Å². The Morgan fingerprint density at radius 3 is 2.50 bits per heavy atom. The average molecular weight is 187 g/mol. The summed E-state index contributed by atoms with van der Waals surface area (Å²) in [7, 11) is 0. The van der Waals surface area contributed by atoms with Gasteiger partial charge in [0, 0.05) is 11.1 Å². The van der Waals surface area contributed by atoms with Gasteiger partial charge in [-0.15, -0.1) is 0 Å². The van der Waals surface area contributed by atoms with E-state index in [0.29, 0.717) is 11.5 Å². The molecule has 0 aliphatic rings. The number of oxazole rings is 1. The molecule has 0 aliphatic carbocycles. The molecule has 0 radical (unpaired) electrons. The quantitative estimate of drug-likeness (QED) is 0.678. The molecule has 0 fully saturated rings. The van der Waals surface area contributed by atoms with Gasteiger partial charge in [0.15, 0.2) is 5.78 Å². The maximum atomic E-state index is 11.0. The van der Waals surface area contributed by atoms with Crippen molar-refractivity contribution in [1.82, 2.24) is 4.98 Å². The average Bonchev–Trinajstić information content (AvgIpc) is 2.71. The van der Waals surface area contributed by atoms with Crippen molar-refractivity contribution in [3.05, 3.63) is 42.3 Å². The van der Waals surface area contributed by atoms with Crippen molar-refractivity contribution in [2.45, 2.75) is 6.92 Å². The molecule has 0 amide bonds. The molecule has 0 bridgehead atoms. The van der Waals surface area contributed by atoms with Gasteiger partial charge in [-0.2, -0.15) is 0 Å². The fraction of sp³-hybridized carbons (Fsp3) is 0.0909. The third-order valence-electron chi connectivity index (χ3n) is 1.97. The third-order valence-corrected chi connectivity index (χ3v) is 1.97. The molecule has 0 saturated carbocycles. The molecule has 14 heavy (non-hydrogen) atoms. The highest BCUT2D eigenvalue weighted by molar-refractivity contribution is 5.94. The molecule has 0 atom stereocenters. The van der Waals surface area contributed by atoms with Gasteiger partial charge in [-0.3, -0.25) is 4.79 Å². The fourth-order valence-electron chi connectivity index (χ4n) is 1.21. The van der Waals surface area contributed by atoms with Crippen molar-refractivity contribution < 1.29 is 9.21 Å². The summed E-state index contributed by atoms with van der Waals surface area (Å²) in [6.07, 6.45) is 3.11. The highest BCUT2D eigenvalue weighted by Gasteiger charge is 2.03. The fourth-order valence-corrected chi connectivity index (χ4v) is 1.21. The van der Waals surface area contributed by atoms with Crippen molar-refractivity contribution in [3.8, 4) is 11.5 Å². The number of carbonyl (C=O) groups is 1. The monoisotopic (exact) mass is 187 g/mol. The molecule has 2 rings (SSSR count). The van der Waals surface area contributed by atoms with E-state index < -0.39 is 0 Å². The van der Waals surface area contributed by atoms with Crippen LogP contribution in [0.2, 0.25) is 0 Å². The largest absolute Gasteiger partial charge is 0.445 e. The molecule has 3 nitrogen and oxygen atoms in total. The van der Waals surface area contributed by atoms with Gasteiger partial charge < -0.3 is 4.42 Å². The van der Waals surface area contributed by atoms with Crippen LogP contribution in [0.3, 0.4) is 0 Å². The lowest BCUT2D eigenvalue weighted by Gasteiger charge is -1.97. The van der Waals surface area contributed by atoms with Crippen LogP contribution in [-0.4, -0.2) is 10.8 Å². The third kappa shape index (κ3) is 1.57. The maximum Gasteiger partial charge on any atom is 0.225 e. The van der Waals surface area contributed by atoms with E-state index in [9.17, 15) is 4.79 Å². The first-order valence-electron chi connectivity index (χ1n) is 4.28. The minimum atomic E-state index is 0.0592. The molecule has 0 spiro atoms. The van der Waals surface area contributed by atoms with E-state index >= 15 is 0 Å². The van der Waals surface area contributed by atoms with Crippen molar-refractivity contribution in [1.29, 1.82) is 0 Å². The number of hydrogen-bond donors (Lipinski definition) is 0. The van der Waals surface area contributed by atoms with E-state index in [0.717, 1.165) is 5.56 Å². The van der Waals surface area contributed by atoms with Crippen molar-refractivity contribution >= 4 is 5.78 Å². The van der Waals surface area contributed by atoms with Crippen LogP contribution in [-0.2, 0) is 0 Å². The first kappa shape index (κ1) is 8.69. The van der Waals surface area contributed by atoms with Crippen molar-refractivity contribution in [2.24, 2.45) is 0 Å². The number of hydrogen-bond acceptors (Lipinski definition) is 3. The second kappa shape index (κ2) is 3.46. The predicted molar refractivity (Wildman–Crippen MR) is 51.9 cm³/mol. The number of rotatable bonds is 2. The molecular weight excluding hydrogens is 178 g/mol. The zero-order valence-electron chi connectivity index (χ0n) is 7.73. The van der Waals surface area contributed by atoms with E-state index in [1.54, 1.807) is 25.3 Å². The van der Waals surface area contributed by atoms with Crippen LogP contribution in [0.4, 0.5) is 0 Å². The minimum Gasteiger partial charge on any atom is -0.445 e. The summed E-state index contributed by atoms with van der Waals surface area (Å²) in [6.45, 7) is 1.54. The maximum absolute atomic E-state index is 11.0. The SMILES string of the molecule is CC(=O)c1ccc(-c2ncco2)cc1. The Morgan fingerprint density at radius 2 is 2.00 bits per heavy atom. The summed E-state index contributed by atoms with van der Waals surface area (Å²) in [5.41, 5.74) is 1.57. The smallest absolute Gasteiger partial charge is 0.225 e. The number of ketones is 1. The van der Waals surface area contributed by atoms with Gasteiger partial charge in [0.05, 0.1) is 6.20 Å². The van der Waals surface area contributed by atoms with Crippen LogP contribution < -0.4 is 0 Å². The molecule has 0 N–H and O–H groups in total. The molecule has 3 heteroatoms. The number of benzene rings is 1. The number of carbonyl (C=O) groups excluding carboxylic acids is 1. The molecule has 1 aromatic carbocycles. The highest BCUT2D eigenvalue weighted by Crippen LogP contribution is 2.17. The number of aromatic nitrogens is 1. The topological polar surface area (TPSA) is 43.1 Å². The molecule has 2 aromatic rings. The molecule has 0 unspecified atom stereocenters. The Bertz CT molecular complexity index is 429. The predicted octanol–water partition coefficient (Wildman–Crippen LogP) is 2.54. The standard InChI is InChI=1S/C11H9NO2/c1-8(13)9-2-4-10(5-3-9)11-12-6-7-14-11/h2-7H,1H3. The van der Waals surface area contributed by atoms with Gasteiger partial charge in [-0.1, -0.05) is 12.1 Å². The van der Waals surface area contributed by atoms with Crippen LogP contribution in [0.25, 0.3) is 11.5 Å². The van der Waals surface area contributed by atoms with E-state index in [2.05, 4.69) is 4.98 Å². The zero-order valence-corrected chi connectivity index (χ0v) is 7.73. The van der Waals surface area contributed by atoms with Gasteiger partial charge in [0.1, 0.15) is 6.26 Å². The summed E-state index contributed by atoms with van der Waals surface area (Å²) in [5.74, 6) is 0.629. The lowest BCUT2D eigenvalue weighted by Crippen LogP contribution is -1.90. The molecular formula is C11H9NO2. The molecule has 1 heterocycles. The Kier molecular flexibility index (Phi) is 2.14. The lowest BCUT2D eigenvalue weighted by atomic mass is 10.1. The van der Waals surface area contributed by atoms with Crippen molar-refractivity contribution in [3.63, 3.8) is 0 Å². The van der Waals surface area contributed by atoms with Crippen LogP contribution in [0.15, 0.2) is 41.1 Å². The number of nitrogens with zero attached hydrogens (tertiary/aromatic N) is 1. The molecule has 0 saturated heterocycles. The first-order valence-corrected chi connectivity index (χ1v) is 4.28. The van der Waals surface area contributed by atoms with Crippen LogP contribution in [0, 0.1) is 0 Å². The summed E-state index contributed by atoms with van der Waals surface area (Å²) in [6, 6.07) is 7.18. The highest BCUT2D eigenvalue weighted by atomic mass is 16.3. The summed E-state index contributed by atoms with van der Waals surface area (Å²) >= 11 is 0. The van der Waals surface area contributed by atoms with Gasteiger partial charge in [0.25, 0.3) is 0 Å². The summed E-state index contributed by atoms with van der Waals surface area (Å²) < 4.78 is 5.12. The van der Waals surface area contributed by atoms with E-state index in [-0.39, 0.29) is 5.78 Å². The Morgan fingerprint density at radius 1 is 1.29 bits per heavy atom. The Hall–Kier alpha value is -1.90. The minimum absolute atomic E-state index is 0.0592. The molecule has 70 valence electrons. The van der Waals surface area contributed by atoms with Crippen LogP contribution in [0.5, 0.6) is 0 Å². The van der Waals surface area contributed by atoms with E-state index in [1.807, 2.05) is 12.1 Å². The first-order chi connectivity index (χ1) is 6.77. The molecule has 1 aromatic heterocycles. The van der Waals surface area contributed by atoms with Crippen LogP contribution in [0.1, 0.15) is 17.3 Å². The van der Waals surface area contributed by atoms with E-state index in [1.165, 1.54) is 6.26 Å². The second-order valence-corrected chi connectivity index (χ2v) is 2.97. The Balaban J connectivity index is 2.36. The summed E-state index contributed by atoms with van der Waals surface area (Å²) in [4.78, 5) is 15.0. The van der Waals surface area contributed by atoms with Gasteiger partial charge in [0.2, 0.25) is 5.89 Å². The van der Waals surface area contributed by atoms with Gasteiger partial charge in [-0.25, -0.2) is 4.98 Å². The van der Waals surface area contributed by atoms with Crippen molar-refractivity contribution in [2.75, 3.05) is 0 Å². The second-order valence-electron chi connectivity index (χ2n) is 2.97. The lowest BCUT2D eigenvalue weighted by molar-refractivity contribution is 0.101. The van der Waals surface area contributed by atoms with Gasteiger partial charge >= 0.3 is 0 Å².